The molecule has 0 radical (unpaired) electrons. The summed E-state index contributed by atoms with van der Waals surface area (Å²) in [5, 5.41) is 22.8. The first-order chi connectivity index (χ1) is 22.9. The monoisotopic (exact) mass is 638 g/mol. The molecule has 47 heavy (non-hydrogen) atoms. The van der Waals surface area contributed by atoms with Gasteiger partial charge in [-0.25, -0.2) is 9.99 Å². The number of H-pyrrole nitrogens is 1. The summed E-state index contributed by atoms with van der Waals surface area (Å²) in [6.45, 7) is 1.56. The summed E-state index contributed by atoms with van der Waals surface area (Å²) < 4.78 is 18.7. The molecule has 2 aromatic heterocycles. The fourth-order valence-electron chi connectivity index (χ4n) is 6.79. The molecule has 1 aliphatic carbocycles. The average molecular weight is 639 g/mol. The van der Waals surface area contributed by atoms with E-state index in [1.807, 2.05) is 48.5 Å². The zero-order valence-corrected chi connectivity index (χ0v) is 26.2. The van der Waals surface area contributed by atoms with Gasteiger partial charge in [0.25, 0.3) is 0 Å². The zero-order chi connectivity index (χ0) is 32.5. The summed E-state index contributed by atoms with van der Waals surface area (Å²) >= 11 is 0. The summed E-state index contributed by atoms with van der Waals surface area (Å²) in [5.74, 6) is 2.29. The first-order valence-corrected chi connectivity index (χ1v) is 15.7. The average Bonchev–Trinajstić information content (AvgIpc) is 3.55. The van der Waals surface area contributed by atoms with E-state index >= 15 is 0 Å². The Morgan fingerprint density at radius 1 is 0.957 bits per heavy atom. The van der Waals surface area contributed by atoms with E-state index in [2.05, 4.69) is 27.1 Å². The van der Waals surface area contributed by atoms with E-state index < -0.39 is 4.92 Å². The number of hydrogen-bond acceptors (Lipinski definition) is 9. The molecule has 4 heterocycles. The first kappa shape index (κ1) is 30.2. The number of allylic oxidation sites excluding steroid dienone is 2. The number of carbonyl (C=O) groups is 1. The maximum atomic E-state index is 13.9. The van der Waals surface area contributed by atoms with Crippen LogP contribution in [-0.4, -0.2) is 64.5 Å². The Bertz CT molecular complexity index is 1880. The smallest absolute Gasteiger partial charge is 0.391 e. The third-order valence-corrected chi connectivity index (χ3v) is 9.29. The van der Waals surface area contributed by atoms with Crippen LogP contribution in [0.25, 0.3) is 5.65 Å². The van der Waals surface area contributed by atoms with Crippen molar-refractivity contribution >= 4 is 28.9 Å². The number of benzene rings is 2. The van der Waals surface area contributed by atoms with Gasteiger partial charge in [-0.05, 0) is 60.9 Å². The molecule has 1 N–H and O–H groups in total. The van der Waals surface area contributed by atoms with Crippen molar-refractivity contribution in [2.75, 3.05) is 32.2 Å². The number of nitro groups is 1. The van der Waals surface area contributed by atoms with Gasteiger partial charge in [0.15, 0.2) is 23.5 Å². The van der Waals surface area contributed by atoms with Crippen LogP contribution in [0, 0.1) is 22.0 Å². The fraction of sp³-hybridized carbons (Fsp3) is 0.353. The number of nitrogens with zero attached hydrogens (tertiary/aromatic N) is 6. The number of aromatic nitrogens is 3. The number of imidazole rings is 1. The van der Waals surface area contributed by atoms with E-state index in [9.17, 15) is 14.9 Å². The SMILES string of the molecule is COc1ccccc1COc1cc(C2=NN(C3CCN(c4ccc5[nH+]cc([N+](=O)[O-])n5n4)CC3)C(=O)[C@H]3CC=CC[C@H]23)ccc1OC. The van der Waals surface area contributed by atoms with Gasteiger partial charge in [-0.2, -0.15) is 5.10 Å². The number of amides is 1. The Hall–Kier alpha value is -5.46. The Labute approximate surface area is 271 Å². The number of piperidine rings is 1. The number of ether oxygens (including phenoxy) is 3. The number of nitrogens with one attached hydrogen (secondary N) is 1. The van der Waals surface area contributed by atoms with Crippen molar-refractivity contribution in [3.8, 4) is 17.2 Å². The topological polar surface area (TPSA) is 138 Å². The molecule has 7 rings (SSSR count). The molecule has 3 aliphatic rings. The number of methoxy groups -OCH3 is 2. The van der Waals surface area contributed by atoms with Gasteiger partial charge in [-0.1, -0.05) is 40.0 Å². The summed E-state index contributed by atoms with van der Waals surface area (Å²) in [6, 6.07) is 17.1. The second-order valence-electron chi connectivity index (χ2n) is 11.9. The lowest BCUT2D eigenvalue weighted by atomic mass is 9.76. The van der Waals surface area contributed by atoms with Crippen LogP contribution in [0.15, 0.2) is 78.0 Å². The van der Waals surface area contributed by atoms with E-state index in [4.69, 9.17) is 19.3 Å². The minimum Gasteiger partial charge on any atom is -0.496 e. The molecule has 2 aliphatic heterocycles. The highest BCUT2D eigenvalue weighted by molar-refractivity contribution is 6.07. The Kier molecular flexibility index (Phi) is 8.19. The van der Waals surface area contributed by atoms with E-state index in [0.717, 1.165) is 29.0 Å². The fourth-order valence-corrected chi connectivity index (χ4v) is 6.79. The van der Waals surface area contributed by atoms with Crippen molar-refractivity contribution in [2.24, 2.45) is 16.9 Å². The minimum absolute atomic E-state index is 0.0376. The third-order valence-electron chi connectivity index (χ3n) is 9.29. The Morgan fingerprint density at radius 3 is 2.49 bits per heavy atom. The second-order valence-corrected chi connectivity index (χ2v) is 11.9. The van der Waals surface area contributed by atoms with Crippen molar-refractivity contribution in [1.29, 1.82) is 0 Å². The zero-order valence-electron chi connectivity index (χ0n) is 26.2. The molecule has 0 saturated carbocycles. The summed E-state index contributed by atoms with van der Waals surface area (Å²) in [7, 11) is 3.25. The van der Waals surface area contributed by atoms with Crippen molar-refractivity contribution in [3.05, 3.63) is 94.2 Å². The van der Waals surface area contributed by atoms with Crippen molar-refractivity contribution in [1.82, 2.24) is 14.6 Å². The van der Waals surface area contributed by atoms with Crippen molar-refractivity contribution < 1.29 is 28.9 Å². The maximum absolute atomic E-state index is 13.9. The molecule has 4 aromatic rings. The van der Waals surface area contributed by atoms with Crippen molar-refractivity contribution in [2.45, 2.75) is 38.3 Å². The lowest BCUT2D eigenvalue weighted by Gasteiger charge is -2.42. The molecule has 1 amide bonds. The largest absolute Gasteiger partial charge is 0.496 e. The maximum Gasteiger partial charge on any atom is 0.391 e. The lowest BCUT2D eigenvalue weighted by Crippen LogP contribution is -2.52. The van der Waals surface area contributed by atoms with Crippen LogP contribution in [-0.2, 0) is 11.4 Å². The minimum atomic E-state index is -0.462. The quantitative estimate of drug-likeness (QED) is 0.149. The first-order valence-electron chi connectivity index (χ1n) is 15.7. The predicted molar refractivity (Wildman–Crippen MR) is 173 cm³/mol. The number of fused-ring (bicyclic) bond motifs is 2. The van der Waals surface area contributed by atoms with Crippen LogP contribution < -0.4 is 24.1 Å². The lowest BCUT2D eigenvalue weighted by molar-refractivity contribution is -0.403. The number of hydrazone groups is 1. The van der Waals surface area contributed by atoms with Gasteiger partial charge in [0.1, 0.15) is 12.4 Å². The molecule has 2 atom stereocenters. The van der Waals surface area contributed by atoms with Gasteiger partial charge in [0.05, 0.1) is 31.9 Å². The highest BCUT2D eigenvalue weighted by atomic mass is 16.6. The molecule has 242 valence electrons. The van der Waals surface area contributed by atoms with E-state index in [1.54, 1.807) is 25.3 Å². The van der Waals surface area contributed by atoms with Crippen LogP contribution in [0.3, 0.4) is 0 Å². The number of anilines is 1. The number of aromatic amines is 1. The number of para-hydroxylation sites is 1. The summed E-state index contributed by atoms with van der Waals surface area (Å²) in [6.07, 6.45) is 8.35. The molecule has 13 heteroatoms. The number of rotatable bonds is 9. The van der Waals surface area contributed by atoms with E-state index in [-0.39, 0.29) is 29.6 Å². The normalized spacial score (nSPS) is 19.8. The Balaban J connectivity index is 1.14. The van der Waals surface area contributed by atoms with Crippen LogP contribution in [0.5, 0.6) is 17.2 Å². The molecule has 0 spiro atoms. The highest BCUT2D eigenvalue weighted by Gasteiger charge is 2.43. The predicted octanol–water partition coefficient (Wildman–Crippen LogP) is 4.45. The molecule has 13 nitrogen and oxygen atoms in total. The van der Waals surface area contributed by atoms with E-state index in [0.29, 0.717) is 61.9 Å². The number of carbonyl (C=O) groups excluding carboxylic acids is 1. The Morgan fingerprint density at radius 2 is 1.72 bits per heavy atom. The molecule has 1 saturated heterocycles. The van der Waals surface area contributed by atoms with Crippen LogP contribution >= 0.6 is 0 Å². The molecule has 0 bridgehead atoms. The molecule has 0 unspecified atom stereocenters. The number of hydrogen-bond donors (Lipinski definition) is 0. The molecule has 2 aromatic carbocycles. The van der Waals surface area contributed by atoms with Gasteiger partial charge in [0, 0.05) is 36.2 Å². The van der Waals surface area contributed by atoms with Crippen molar-refractivity contribution in [3.63, 3.8) is 0 Å². The molecule has 1 fully saturated rings. The van der Waals surface area contributed by atoms with Gasteiger partial charge in [0.2, 0.25) is 5.91 Å². The van der Waals surface area contributed by atoms with Gasteiger partial charge in [-0.15, -0.1) is 0 Å². The van der Waals surface area contributed by atoms with Crippen LogP contribution in [0.4, 0.5) is 11.6 Å². The molecular formula is C34H36N7O6+. The summed E-state index contributed by atoms with van der Waals surface area (Å²) in [4.78, 5) is 29.9. The third kappa shape index (κ3) is 5.73. The molecular weight excluding hydrogens is 602 g/mol. The van der Waals surface area contributed by atoms with Crippen LogP contribution in [0.1, 0.15) is 36.8 Å². The summed E-state index contributed by atoms with van der Waals surface area (Å²) in [5.41, 5.74) is 3.22. The van der Waals surface area contributed by atoms with Gasteiger partial charge >= 0.3 is 11.5 Å². The highest BCUT2D eigenvalue weighted by Crippen LogP contribution is 2.39. The van der Waals surface area contributed by atoms with Gasteiger partial charge in [-0.3, -0.25) is 4.79 Å². The van der Waals surface area contributed by atoms with Gasteiger partial charge < -0.3 is 29.2 Å². The van der Waals surface area contributed by atoms with E-state index in [1.165, 1.54) is 10.7 Å². The van der Waals surface area contributed by atoms with Crippen LogP contribution in [0.2, 0.25) is 0 Å². The second kappa shape index (κ2) is 12.7. The standard InChI is InChI=1S/C34H35N7O6/c1-45-27-10-6-3-7-23(27)21-47-29-19-22(11-12-28(29)46-2)33-25-8-4-5-9-26(25)34(42)39(37-33)24-15-17-38(18-16-24)31-14-13-30-35-20-32(41(43)44)40(30)36-31/h3-7,10-14,19-20,24-26H,8-9,15-18,21H2,1-2H3/p+1/t25-,26-/m0/s1.